The van der Waals surface area contributed by atoms with E-state index < -0.39 is 0 Å². The number of hydrogen-bond acceptors (Lipinski definition) is 3. The highest BCUT2D eigenvalue weighted by atomic mass is 16.5. The molecule has 0 aliphatic carbocycles. The Hall–Kier alpha value is -2.94. The Morgan fingerprint density at radius 1 is 0.800 bits per heavy atom. The van der Waals surface area contributed by atoms with Crippen LogP contribution in [0, 0.1) is 0 Å². The van der Waals surface area contributed by atoms with Crippen molar-refractivity contribution in [2.75, 3.05) is 6.61 Å². The van der Waals surface area contributed by atoms with E-state index in [-0.39, 0.29) is 24.6 Å². The quantitative estimate of drug-likeness (QED) is 0.290. The average Bonchev–Trinajstić information content (AvgIpc) is 2.64. The molecule has 4 rings (SSSR count). The number of ether oxygens (including phenoxy) is 1. The van der Waals surface area contributed by atoms with Crippen molar-refractivity contribution >= 4 is 44.1 Å². The summed E-state index contributed by atoms with van der Waals surface area (Å²) < 4.78 is 4.92. The van der Waals surface area contributed by atoms with Crippen LogP contribution in [0.3, 0.4) is 0 Å². The number of carbonyl (C=O) groups excluding carboxylic acids is 2. The van der Waals surface area contributed by atoms with Gasteiger partial charge in [-0.3, -0.25) is 9.59 Å². The maximum absolute atomic E-state index is 12.7. The molecule has 0 fully saturated rings. The Morgan fingerprint density at radius 3 is 2.16 bits per heavy atom. The molecule has 0 aromatic heterocycles. The average molecular weight is 330 g/mol. The molecule has 3 nitrogen and oxygen atoms in total. The van der Waals surface area contributed by atoms with E-state index in [1.54, 1.807) is 6.92 Å². The molecule has 4 aromatic rings. The zero-order chi connectivity index (χ0) is 17.4. The van der Waals surface area contributed by atoms with Gasteiger partial charge in [0.2, 0.25) is 0 Å². The Kier molecular flexibility index (Phi) is 3.85. The summed E-state index contributed by atoms with van der Waals surface area (Å²) >= 11 is 0. The minimum atomic E-state index is -0.325. The third kappa shape index (κ3) is 2.62. The fourth-order valence-electron chi connectivity index (χ4n) is 3.56. The summed E-state index contributed by atoms with van der Waals surface area (Å²) in [4.78, 5) is 24.2. The van der Waals surface area contributed by atoms with Crippen molar-refractivity contribution in [2.24, 2.45) is 0 Å². The Morgan fingerprint density at radius 2 is 1.44 bits per heavy atom. The van der Waals surface area contributed by atoms with Crippen LogP contribution in [0.25, 0.3) is 32.3 Å². The third-order valence-corrected chi connectivity index (χ3v) is 4.69. The van der Waals surface area contributed by atoms with Gasteiger partial charge in [0.1, 0.15) is 0 Å². The van der Waals surface area contributed by atoms with E-state index in [9.17, 15) is 9.59 Å². The van der Waals surface area contributed by atoms with Crippen LogP contribution in [0.15, 0.2) is 54.6 Å². The van der Waals surface area contributed by atoms with Crippen molar-refractivity contribution in [2.45, 2.75) is 19.8 Å². The van der Waals surface area contributed by atoms with Gasteiger partial charge in [0.15, 0.2) is 5.78 Å². The topological polar surface area (TPSA) is 43.4 Å². The molecule has 0 saturated heterocycles. The minimum absolute atomic E-state index is 0.0222. The fraction of sp³-hybridized carbons (Fsp3) is 0.182. The summed E-state index contributed by atoms with van der Waals surface area (Å²) in [7, 11) is 0. The Labute approximate surface area is 145 Å². The molecule has 0 amide bonds. The molecule has 0 atom stereocenters. The first kappa shape index (κ1) is 15.6. The van der Waals surface area contributed by atoms with E-state index in [1.807, 2.05) is 24.3 Å². The number of hydrogen-bond donors (Lipinski definition) is 0. The van der Waals surface area contributed by atoms with Gasteiger partial charge in [-0.2, -0.15) is 0 Å². The number of benzene rings is 4. The van der Waals surface area contributed by atoms with E-state index in [4.69, 9.17) is 4.74 Å². The lowest BCUT2D eigenvalue weighted by atomic mass is 9.90. The van der Waals surface area contributed by atoms with Crippen molar-refractivity contribution in [3.8, 4) is 0 Å². The molecule has 0 heterocycles. The van der Waals surface area contributed by atoms with Crippen LogP contribution in [-0.2, 0) is 9.53 Å². The summed E-state index contributed by atoms with van der Waals surface area (Å²) in [5.74, 6) is -0.348. The molecule has 3 heteroatoms. The van der Waals surface area contributed by atoms with E-state index in [2.05, 4.69) is 30.3 Å². The summed E-state index contributed by atoms with van der Waals surface area (Å²) in [5, 5.41) is 6.74. The van der Waals surface area contributed by atoms with Crippen LogP contribution < -0.4 is 0 Å². The molecule has 0 radical (unpaired) electrons. The number of Topliss-reactive ketones (excluding diaryl/α,β-unsaturated/α-hetero) is 1. The van der Waals surface area contributed by atoms with Gasteiger partial charge in [-0.15, -0.1) is 0 Å². The summed E-state index contributed by atoms with van der Waals surface area (Å²) in [6.07, 6.45) is 0.289. The monoisotopic (exact) mass is 330 g/mol. The molecule has 25 heavy (non-hydrogen) atoms. The number of rotatable bonds is 5. The first-order valence-corrected chi connectivity index (χ1v) is 8.54. The fourth-order valence-corrected chi connectivity index (χ4v) is 3.56. The predicted molar refractivity (Wildman–Crippen MR) is 100 cm³/mol. The minimum Gasteiger partial charge on any atom is -0.466 e. The predicted octanol–water partition coefficient (Wildman–Crippen LogP) is 5.11. The SMILES string of the molecule is CCOC(=O)CCC(=O)c1ccc2ccc3cccc4ccc1c2c34. The van der Waals surface area contributed by atoms with E-state index >= 15 is 0 Å². The maximum atomic E-state index is 12.7. The molecule has 0 bridgehead atoms. The van der Waals surface area contributed by atoms with Gasteiger partial charge < -0.3 is 4.74 Å². The largest absolute Gasteiger partial charge is 0.466 e. The normalized spacial score (nSPS) is 11.4. The van der Waals surface area contributed by atoms with Crippen molar-refractivity contribution in [3.05, 3.63) is 60.2 Å². The van der Waals surface area contributed by atoms with Crippen molar-refractivity contribution < 1.29 is 14.3 Å². The van der Waals surface area contributed by atoms with Crippen LogP contribution in [-0.4, -0.2) is 18.4 Å². The molecule has 0 saturated carbocycles. The van der Waals surface area contributed by atoms with Gasteiger partial charge in [-0.1, -0.05) is 54.6 Å². The maximum Gasteiger partial charge on any atom is 0.306 e. The zero-order valence-corrected chi connectivity index (χ0v) is 14.0. The lowest BCUT2D eigenvalue weighted by Gasteiger charge is -2.13. The number of carbonyl (C=O) groups is 2. The summed E-state index contributed by atoms with van der Waals surface area (Å²) in [5.41, 5.74) is 0.676. The van der Waals surface area contributed by atoms with Crippen LogP contribution in [0.1, 0.15) is 30.1 Å². The van der Waals surface area contributed by atoms with Crippen molar-refractivity contribution in [1.29, 1.82) is 0 Å². The first-order valence-electron chi connectivity index (χ1n) is 8.54. The van der Waals surface area contributed by atoms with Crippen molar-refractivity contribution in [3.63, 3.8) is 0 Å². The molecule has 0 aliphatic heterocycles. The third-order valence-electron chi connectivity index (χ3n) is 4.69. The second-order valence-corrected chi connectivity index (χ2v) is 6.20. The van der Waals surface area contributed by atoms with Crippen LogP contribution >= 0.6 is 0 Å². The second-order valence-electron chi connectivity index (χ2n) is 6.20. The van der Waals surface area contributed by atoms with Gasteiger partial charge in [0, 0.05) is 12.0 Å². The standard InChI is InChI=1S/C22H18O3/c1-2-25-20(24)13-12-19(23)17-10-8-16-7-6-14-4-3-5-15-9-11-18(17)22(16)21(14)15/h3-11H,2,12-13H2,1H3. The van der Waals surface area contributed by atoms with E-state index in [0.29, 0.717) is 12.2 Å². The number of esters is 1. The number of ketones is 1. The lowest BCUT2D eigenvalue weighted by Crippen LogP contribution is -2.08. The molecule has 124 valence electrons. The molecule has 0 N–H and O–H groups in total. The lowest BCUT2D eigenvalue weighted by molar-refractivity contribution is -0.143. The summed E-state index contributed by atoms with van der Waals surface area (Å²) in [6.45, 7) is 2.10. The highest BCUT2D eigenvalue weighted by Gasteiger charge is 2.16. The molecule has 0 unspecified atom stereocenters. The van der Waals surface area contributed by atoms with Crippen LogP contribution in [0.2, 0.25) is 0 Å². The van der Waals surface area contributed by atoms with E-state index in [0.717, 1.165) is 16.2 Å². The van der Waals surface area contributed by atoms with Crippen LogP contribution in [0.4, 0.5) is 0 Å². The summed E-state index contributed by atoms with van der Waals surface area (Å²) in [6, 6.07) is 18.4. The first-order chi connectivity index (χ1) is 12.2. The highest BCUT2D eigenvalue weighted by molar-refractivity contribution is 6.26. The van der Waals surface area contributed by atoms with Gasteiger partial charge in [0.25, 0.3) is 0 Å². The molecule has 4 aromatic carbocycles. The highest BCUT2D eigenvalue weighted by Crippen LogP contribution is 2.36. The van der Waals surface area contributed by atoms with Gasteiger partial charge in [-0.25, -0.2) is 0 Å². The molecular formula is C22H18O3. The van der Waals surface area contributed by atoms with E-state index in [1.165, 1.54) is 16.2 Å². The van der Waals surface area contributed by atoms with Crippen molar-refractivity contribution in [1.82, 2.24) is 0 Å². The molecule has 0 aliphatic rings. The van der Waals surface area contributed by atoms with Gasteiger partial charge >= 0.3 is 5.97 Å². The van der Waals surface area contributed by atoms with Gasteiger partial charge in [0.05, 0.1) is 13.0 Å². The molecule has 0 spiro atoms. The Bertz CT molecular complexity index is 1080. The van der Waals surface area contributed by atoms with Gasteiger partial charge in [-0.05, 0) is 39.2 Å². The molecular weight excluding hydrogens is 312 g/mol. The second kappa shape index (κ2) is 6.17. The smallest absolute Gasteiger partial charge is 0.306 e. The zero-order valence-electron chi connectivity index (χ0n) is 14.0. The van der Waals surface area contributed by atoms with Crippen LogP contribution in [0.5, 0.6) is 0 Å². The Balaban J connectivity index is 1.82.